The van der Waals surface area contributed by atoms with Crippen molar-refractivity contribution >= 4 is 34.0 Å². The summed E-state index contributed by atoms with van der Waals surface area (Å²) < 4.78 is 0. The van der Waals surface area contributed by atoms with Gasteiger partial charge in [-0.05, 0) is 40.1 Å². The van der Waals surface area contributed by atoms with E-state index in [1.165, 1.54) is 10.8 Å². The summed E-state index contributed by atoms with van der Waals surface area (Å²) in [6.45, 7) is 0. The summed E-state index contributed by atoms with van der Waals surface area (Å²) in [5.74, 6) is 0. The molecule has 0 aromatic heterocycles. The maximum absolute atomic E-state index is 6.07. The minimum absolute atomic E-state index is 0.658. The summed E-state index contributed by atoms with van der Waals surface area (Å²) in [5, 5.41) is 3.74. The summed E-state index contributed by atoms with van der Waals surface area (Å²) in [4.78, 5) is 0. The Morgan fingerprint density at radius 2 is 1.33 bits per heavy atom. The molecule has 0 saturated carbocycles. The lowest BCUT2D eigenvalue weighted by Crippen LogP contribution is -1.81. The van der Waals surface area contributed by atoms with Crippen LogP contribution in [0.25, 0.3) is 21.9 Å². The fourth-order valence-corrected chi connectivity index (χ4v) is 2.71. The molecule has 18 heavy (non-hydrogen) atoms. The van der Waals surface area contributed by atoms with Crippen molar-refractivity contribution in [3.05, 3.63) is 70.7 Å². The lowest BCUT2D eigenvalue weighted by Gasteiger charge is -2.07. The Hall–Kier alpha value is -1.50. The first kappa shape index (κ1) is 11.6. The van der Waals surface area contributed by atoms with Crippen LogP contribution in [0.3, 0.4) is 0 Å². The molecule has 0 aliphatic carbocycles. The lowest BCUT2D eigenvalue weighted by atomic mass is 9.98. The zero-order chi connectivity index (χ0) is 12.5. The Bertz CT molecular complexity index is 692. The van der Waals surface area contributed by atoms with E-state index in [1.54, 1.807) is 6.07 Å². The minimum Gasteiger partial charge on any atom is -0.0843 e. The molecule has 0 nitrogen and oxygen atoms in total. The van der Waals surface area contributed by atoms with Gasteiger partial charge in [0.25, 0.3) is 0 Å². The van der Waals surface area contributed by atoms with Gasteiger partial charge in [0.1, 0.15) is 0 Å². The molecule has 0 unspecified atom stereocenters. The molecule has 0 saturated heterocycles. The molecule has 2 heteroatoms. The number of rotatable bonds is 1. The van der Waals surface area contributed by atoms with Gasteiger partial charge in [-0.1, -0.05) is 65.7 Å². The van der Waals surface area contributed by atoms with E-state index in [4.69, 9.17) is 23.2 Å². The van der Waals surface area contributed by atoms with E-state index in [0.29, 0.717) is 10.0 Å². The van der Waals surface area contributed by atoms with Crippen LogP contribution in [-0.4, -0.2) is 0 Å². The van der Waals surface area contributed by atoms with Gasteiger partial charge >= 0.3 is 0 Å². The molecule has 0 N–H and O–H groups in total. The van der Waals surface area contributed by atoms with Crippen LogP contribution in [0.15, 0.2) is 60.7 Å². The molecule has 88 valence electrons. The molecule has 0 fully saturated rings. The quantitative estimate of drug-likeness (QED) is 0.524. The van der Waals surface area contributed by atoms with E-state index in [0.717, 1.165) is 11.1 Å². The van der Waals surface area contributed by atoms with Crippen molar-refractivity contribution < 1.29 is 0 Å². The minimum atomic E-state index is 0.658. The number of benzene rings is 3. The molecule has 0 heterocycles. The van der Waals surface area contributed by atoms with Gasteiger partial charge in [-0.25, -0.2) is 0 Å². The highest BCUT2D eigenvalue weighted by molar-refractivity contribution is 6.35. The second kappa shape index (κ2) is 4.64. The van der Waals surface area contributed by atoms with Gasteiger partial charge in [0.2, 0.25) is 0 Å². The summed E-state index contributed by atoms with van der Waals surface area (Å²) in [7, 11) is 0. The Morgan fingerprint density at radius 3 is 2.11 bits per heavy atom. The molecular formula is C16H10Cl2. The Morgan fingerprint density at radius 1 is 0.667 bits per heavy atom. The zero-order valence-electron chi connectivity index (χ0n) is 9.53. The molecule has 0 bridgehead atoms. The van der Waals surface area contributed by atoms with E-state index in [1.807, 2.05) is 30.3 Å². The van der Waals surface area contributed by atoms with Crippen LogP contribution >= 0.6 is 23.2 Å². The van der Waals surface area contributed by atoms with Crippen LogP contribution in [0.4, 0.5) is 0 Å². The second-order valence-corrected chi connectivity index (χ2v) is 5.06. The molecule has 0 atom stereocenters. The van der Waals surface area contributed by atoms with Crippen LogP contribution in [0.5, 0.6) is 0 Å². The molecule has 0 amide bonds. The van der Waals surface area contributed by atoms with Gasteiger partial charge in [0, 0.05) is 10.0 Å². The lowest BCUT2D eigenvalue weighted by molar-refractivity contribution is 1.65. The highest BCUT2D eigenvalue weighted by Gasteiger charge is 2.05. The highest BCUT2D eigenvalue weighted by Crippen LogP contribution is 2.32. The number of halogens is 2. The molecule has 3 rings (SSSR count). The predicted octanol–water partition coefficient (Wildman–Crippen LogP) is 5.81. The van der Waals surface area contributed by atoms with Crippen molar-refractivity contribution in [1.29, 1.82) is 0 Å². The first-order chi connectivity index (χ1) is 8.74. The Kier molecular flexibility index (Phi) is 2.99. The second-order valence-electron chi connectivity index (χ2n) is 4.18. The van der Waals surface area contributed by atoms with Crippen LogP contribution < -0.4 is 0 Å². The average molecular weight is 273 g/mol. The van der Waals surface area contributed by atoms with E-state index in [-0.39, 0.29) is 0 Å². The van der Waals surface area contributed by atoms with E-state index in [9.17, 15) is 0 Å². The summed E-state index contributed by atoms with van der Waals surface area (Å²) >= 11 is 12.1. The summed E-state index contributed by atoms with van der Waals surface area (Å²) in [6.07, 6.45) is 0. The average Bonchev–Trinajstić information content (AvgIpc) is 2.37. The molecule has 0 radical (unpaired) electrons. The monoisotopic (exact) mass is 272 g/mol. The van der Waals surface area contributed by atoms with Crippen molar-refractivity contribution in [1.82, 2.24) is 0 Å². The molecule has 3 aromatic carbocycles. The smallest absolute Gasteiger partial charge is 0.0426 e. The fourth-order valence-electron chi connectivity index (χ4n) is 2.19. The Labute approximate surface area is 116 Å². The molecular weight excluding hydrogens is 263 g/mol. The Balaban J connectivity index is 2.31. The van der Waals surface area contributed by atoms with Crippen LogP contribution in [0.1, 0.15) is 0 Å². The van der Waals surface area contributed by atoms with Gasteiger partial charge in [0.15, 0.2) is 0 Å². The van der Waals surface area contributed by atoms with Gasteiger partial charge in [0.05, 0.1) is 0 Å². The number of fused-ring (bicyclic) bond motifs is 1. The van der Waals surface area contributed by atoms with Gasteiger partial charge in [-0.2, -0.15) is 0 Å². The predicted molar refractivity (Wildman–Crippen MR) is 79.4 cm³/mol. The van der Waals surface area contributed by atoms with Crippen molar-refractivity contribution in [2.45, 2.75) is 0 Å². The normalized spacial score (nSPS) is 10.8. The topological polar surface area (TPSA) is 0 Å². The fraction of sp³-hybridized carbons (Fsp3) is 0. The standard InChI is InChI=1S/C16H10Cl2/c17-13-8-12(9-14(18)10-13)16-7-3-5-11-4-1-2-6-15(11)16/h1-10H. The maximum atomic E-state index is 6.07. The number of hydrogen-bond donors (Lipinski definition) is 0. The van der Waals surface area contributed by atoms with Gasteiger partial charge in [-0.3, -0.25) is 0 Å². The first-order valence-electron chi connectivity index (χ1n) is 5.68. The van der Waals surface area contributed by atoms with E-state index >= 15 is 0 Å². The maximum Gasteiger partial charge on any atom is 0.0426 e. The third-order valence-electron chi connectivity index (χ3n) is 2.96. The first-order valence-corrected chi connectivity index (χ1v) is 6.44. The van der Waals surface area contributed by atoms with E-state index in [2.05, 4.69) is 24.3 Å². The largest absolute Gasteiger partial charge is 0.0843 e. The van der Waals surface area contributed by atoms with Crippen LogP contribution in [0, 0.1) is 0 Å². The molecule has 3 aromatic rings. The van der Waals surface area contributed by atoms with Gasteiger partial charge < -0.3 is 0 Å². The summed E-state index contributed by atoms with van der Waals surface area (Å²) in [5.41, 5.74) is 2.20. The molecule has 0 spiro atoms. The third kappa shape index (κ3) is 2.10. The highest BCUT2D eigenvalue weighted by atomic mass is 35.5. The molecule has 0 aliphatic rings. The van der Waals surface area contributed by atoms with Gasteiger partial charge in [-0.15, -0.1) is 0 Å². The summed E-state index contributed by atoms with van der Waals surface area (Å²) in [6, 6.07) is 20.2. The van der Waals surface area contributed by atoms with Crippen molar-refractivity contribution in [3.8, 4) is 11.1 Å². The van der Waals surface area contributed by atoms with Crippen LogP contribution in [-0.2, 0) is 0 Å². The van der Waals surface area contributed by atoms with Crippen LogP contribution in [0.2, 0.25) is 10.0 Å². The van der Waals surface area contributed by atoms with Crippen molar-refractivity contribution in [2.24, 2.45) is 0 Å². The third-order valence-corrected chi connectivity index (χ3v) is 3.40. The van der Waals surface area contributed by atoms with E-state index < -0.39 is 0 Å². The number of hydrogen-bond acceptors (Lipinski definition) is 0. The SMILES string of the molecule is Clc1cc(Cl)cc(-c2cccc3ccccc23)c1. The van der Waals surface area contributed by atoms with Crippen molar-refractivity contribution in [2.75, 3.05) is 0 Å². The van der Waals surface area contributed by atoms with Crippen molar-refractivity contribution in [3.63, 3.8) is 0 Å². The zero-order valence-corrected chi connectivity index (χ0v) is 11.0. The molecule has 0 aliphatic heterocycles.